The summed E-state index contributed by atoms with van der Waals surface area (Å²) in [6, 6.07) is 10.5. The quantitative estimate of drug-likeness (QED) is 0.879. The molecule has 0 saturated carbocycles. The third-order valence-corrected chi connectivity index (χ3v) is 6.00. The molecule has 2 saturated heterocycles. The van der Waals surface area contributed by atoms with Gasteiger partial charge in [-0.1, -0.05) is 30.3 Å². The van der Waals surface area contributed by atoms with E-state index in [2.05, 4.69) is 35.2 Å². The monoisotopic (exact) mass is 358 g/mol. The minimum atomic E-state index is -0.781. The molecule has 26 heavy (non-hydrogen) atoms. The SMILES string of the molecule is CC(C(=O)N1CCCC(C(=O)O)C1)N1CCC(Cc2ccccc2)CC1. The van der Waals surface area contributed by atoms with Crippen LogP contribution < -0.4 is 0 Å². The number of benzene rings is 1. The third-order valence-electron chi connectivity index (χ3n) is 6.00. The highest BCUT2D eigenvalue weighted by Gasteiger charge is 2.33. The lowest BCUT2D eigenvalue weighted by Crippen LogP contribution is -2.52. The van der Waals surface area contributed by atoms with E-state index in [1.54, 1.807) is 4.90 Å². The minimum Gasteiger partial charge on any atom is -0.481 e. The van der Waals surface area contributed by atoms with Gasteiger partial charge >= 0.3 is 5.97 Å². The largest absolute Gasteiger partial charge is 0.481 e. The molecule has 2 atom stereocenters. The highest BCUT2D eigenvalue weighted by Crippen LogP contribution is 2.24. The smallest absolute Gasteiger partial charge is 0.308 e. The average molecular weight is 358 g/mol. The highest BCUT2D eigenvalue weighted by molar-refractivity contribution is 5.82. The molecule has 0 aromatic heterocycles. The van der Waals surface area contributed by atoms with Gasteiger partial charge in [0.15, 0.2) is 0 Å². The number of carbonyl (C=O) groups excluding carboxylic acids is 1. The van der Waals surface area contributed by atoms with Crippen LogP contribution in [0.15, 0.2) is 30.3 Å². The molecule has 2 aliphatic heterocycles. The summed E-state index contributed by atoms with van der Waals surface area (Å²) < 4.78 is 0. The maximum Gasteiger partial charge on any atom is 0.308 e. The van der Waals surface area contributed by atoms with Crippen LogP contribution in [-0.4, -0.2) is 59.0 Å². The molecule has 1 N–H and O–H groups in total. The number of nitrogens with zero attached hydrogens (tertiary/aromatic N) is 2. The van der Waals surface area contributed by atoms with Gasteiger partial charge in [-0.3, -0.25) is 14.5 Å². The second-order valence-electron chi connectivity index (χ2n) is 7.81. The van der Waals surface area contributed by atoms with Gasteiger partial charge in [0.2, 0.25) is 5.91 Å². The van der Waals surface area contributed by atoms with Crippen molar-refractivity contribution in [2.75, 3.05) is 26.2 Å². The fourth-order valence-corrected chi connectivity index (χ4v) is 4.29. The van der Waals surface area contributed by atoms with Gasteiger partial charge < -0.3 is 10.0 Å². The molecule has 2 fully saturated rings. The second-order valence-corrected chi connectivity index (χ2v) is 7.81. The molecule has 1 aromatic rings. The first-order chi connectivity index (χ1) is 12.5. The Morgan fingerprint density at radius 2 is 1.81 bits per heavy atom. The molecule has 2 aliphatic rings. The summed E-state index contributed by atoms with van der Waals surface area (Å²) in [5.74, 6) is -0.409. The van der Waals surface area contributed by atoms with Gasteiger partial charge in [0.25, 0.3) is 0 Å². The van der Waals surface area contributed by atoms with E-state index in [0.29, 0.717) is 25.4 Å². The molecule has 0 radical (unpaired) electrons. The number of amides is 1. The predicted octanol–water partition coefficient (Wildman–Crippen LogP) is 2.65. The van der Waals surface area contributed by atoms with Crippen LogP contribution in [0.4, 0.5) is 0 Å². The van der Waals surface area contributed by atoms with Crippen molar-refractivity contribution in [3.8, 4) is 0 Å². The first-order valence-corrected chi connectivity index (χ1v) is 9.84. The Hall–Kier alpha value is -1.88. The van der Waals surface area contributed by atoms with Gasteiger partial charge in [-0.25, -0.2) is 0 Å². The topological polar surface area (TPSA) is 60.9 Å². The Morgan fingerprint density at radius 3 is 2.46 bits per heavy atom. The Bertz CT molecular complexity index is 611. The lowest BCUT2D eigenvalue weighted by Gasteiger charge is -2.39. The van der Waals surface area contributed by atoms with Crippen molar-refractivity contribution in [3.05, 3.63) is 35.9 Å². The van der Waals surface area contributed by atoms with Crippen molar-refractivity contribution in [1.29, 1.82) is 0 Å². The van der Waals surface area contributed by atoms with Crippen LogP contribution in [0.2, 0.25) is 0 Å². The first kappa shape index (κ1) is 18.9. The Labute approximate surface area is 156 Å². The average Bonchev–Trinajstić information content (AvgIpc) is 2.68. The lowest BCUT2D eigenvalue weighted by atomic mass is 9.89. The Kier molecular flexibility index (Phi) is 6.30. The molecule has 1 aromatic carbocycles. The van der Waals surface area contributed by atoms with Crippen LogP contribution >= 0.6 is 0 Å². The van der Waals surface area contributed by atoms with E-state index in [0.717, 1.165) is 38.8 Å². The van der Waals surface area contributed by atoms with E-state index in [-0.39, 0.29) is 11.9 Å². The second kappa shape index (κ2) is 8.67. The van der Waals surface area contributed by atoms with Crippen LogP contribution in [-0.2, 0) is 16.0 Å². The van der Waals surface area contributed by atoms with E-state index >= 15 is 0 Å². The van der Waals surface area contributed by atoms with E-state index in [9.17, 15) is 14.7 Å². The summed E-state index contributed by atoms with van der Waals surface area (Å²) >= 11 is 0. The number of rotatable bonds is 5. The summed E-state index contributed by atoms with van der Waals surface area (Å²) in [6.45, 7) is 4.92. The molecule has 5 nitrogen and oxygen atoms in total. The summed E-state index contributed by atoms with van der Waals surface area (Å²) in [4.78, 5) is 28.1. The van der Waals surface area contributed by atoms with Crippen LogP contribution in [0.1, 0.15) is 38.2 Å². The number of likely N-dealkylation sites (tertiary alicyclic amines) is 2. The summed E-state index contributed by atoms with van der Waals surface area (Å²) in [6.07, 6.45) is 4.81. The number of hydrogen-bond acceptors (Lipinski definition) is 3. The summed E-state index contributed by atoms with van der Waals surface area (Å²) in [5, 5.41) is 9.23. The molecule has 0 spiro atoms. The Morgan fingerprint density at radius 1 is 1.12 bits per heavy atom. The van der Waals surface area contributed by atoms with Gasteiger partial charge in [0.05, 0.1) is 12.0 Å². The highest BCUT2D eigenvalue weighted by atomic mass is 16.4. The van der Waals surface area contributed by atoms with Gasteiger partial charge in [-0.15, -0.1) is 0 Å². The number of carboxylic acid groups (broad SMARTS) is 1. The maximum absolute atomic E-state index is 12.8. The number of carbonyl (C=O) groups is 2. The molecule has 2 heterocycles. The number of carboxylic acids is 1. The zero-order valence-electron chi connectivity index (χ0n) is 15.6. The fourth-order valence-electron chi connectivity index (χ4n) is 4.29. The molecule has 0 aliphatic carbocycles. The van der Waals surface area contributed by atoms with Crippen molar-refractivity contribution >= 4 is 11.9 Å². The fraction of sp³-hybridized carbons (Fsp3) is 0.619. The van der Waals surface area contributed by atoms with Gasteiger partial charge in [-0.05, 0) is 63.6 Å². The molecule has 1 amide bonds. The zero-order chi connectivity index (χ0) is 18.5. The minimum absolute atomic E-state index is 0.0949. The van der Waals surface area contributed by atoms with Crippen LogP contribution in [0.3, 0.4) is 0 Å². The van der Waals surface area contributed by atoms with Crippen LogP contribution in [0.5, 0.6) is 0 Å². The van der Waals surface area contributed by atoms with Crippen molar-refractivity contribution < 1.29 is 14.7 Å². The van der Waals surface area contributed by atoms with Crippen molar-refractivity contribution in [2.45, 2.75) is 45.1 Å². The molecule has 0 bridgehead atoms. The zero-order valence-corrected chi connectivity index (χ0v) is 15.6. The van der Waals surface area contributed by atoms with E-state index in [1.165, 1.54) is 5.56 Å². The van der Waals surface area contributed by atoms with Crippen molar-refractivity contribution in [3.63, 3.8) is 0 Å². The normalized spacial score (nSPS) is 23.6. The van der Waals surface area contributed by atoms with E-state index in [4.69, 9.17) is 0 Å². The molecule has 5 heteroatoms. The van der Waals surface area contributed by atoms with Crippen molar-refractivity contribution in [1.82, 2.24) is 9.80 Å². The number of hydrogen-bond donors (Lipinski definition) is 1. The van der Waals surface area contributed by atoms with Crippen molar-refractivity contribution in [2.24, 2.45) is 11.8 Å². The molecule has 142 valence electrons. The summed E-state index contributed by atoms with van der Waals surface area (Å²) in [7, 11) is 0. The van der Waals surface area contributed by atoms with Crippen LogP contribution in [0.25, 0.3) is 0 Å². The molecular formula is C21H30N2O3. The van der Waals surface area contributed by atoms with Gasteiger partial charge in [0, 0.05) is 13.1 Å². The number of piperidine rings is 2. The molecular weight excluding hydrogens is 328 g/mol. The standard InChI is InChI=1S/C21H30N2O3/c1-16(20(24)23-11-5-8-19(15-23)21(25)26)22-12-9-18(10-13-22)14-17-6-3-2-4-7-17/h2-4,6-7,16,18-19H,5,8-15H2,1H3,(H,25,26). The van der Waals surface area contributed by atoms with E-state index in [1.807, 2.05) is 6.92 Å². The maximum atomic E-state index is 12.8. The predicted molar refractivity (Wildman–Crippen MR) is 101 cm³/mol. The van der Waals surface area contributed by atoms with Gasteiger partial charge in [0.1, 0.15) is 0 Å². The first-order valence-electron chi connectivity index (χ1n) is 9.84. The number of aliphatic carboxylic acids is 1. The van der Waals surface area contributed by atoms with Crippen LogP contribution in [0, 0.1) is 11.8 Å². The lowest BCUT2D eigenvalue weighted by molar-refractivity contribution is -0.147. The van der Waals surface area contributed by atoms with E-state index < -0.39 is 11.9 Å². The molecule has 3 rings (SSSR count). The third kappa shape index (κ3) is 4.64. The Balaban J connectivity index is 1.49. The summed E-state index contributed by atoms with van der Waals surface area (Å²) in [5.41, 5.74) is 1.39. The molecule has 2 unspecified atom stereocenters. The van der Waals surface area contributed by atoms with Gasteiger partial charge in [-0.2, -0.15) is 0 Å².